The number of rotatable bonds is 6. The predicted molar refractivity (Wildman–Crippen MR) is 88.7 cm³/mol. The summed E-state index contributed by atoms with van der Waals surface area (Å²) in [5.74, 6) is 0.177. The number of ketones is 1. The standard InChI is InChI=1S/C20H22O/c1-4-15-20(5-2,18-9-7-6-8-10-18)19(21)17-13-11-16(3)12-14-17/h4,6-14H,1,5,15H2,2-3H3/t20-/m1/s1. The van der Waals surface area contributed by atoms with Crippen LogP contribution in [0.2, 0.25) is 0 Å². The molecule has 0 saturated carbocycles. The minimum atomic E-state index is -0.516. The lowest BCUT2D eigenvalue weighted by Gasteiger charge is -2.31. The van der Waals surface area contributed by atoms with Crippen LogP contribution in [0.15, 0.2) is 67.3 Å². The maximum atomic E-state index is 13.2. The first-order valence-corrected chi connectivity index (χ1v) is 7.42. The second-order valence-corrected chi connectivity index (χ2v) is 5.49. The smallest absolute Gasteiger partial charge is 0.173 e. The molecule has 0 radical (unpaired) electrons. The average Bonchev–Trinajstić information content (AvgIpc) is 2.53. The second kappa shape index (κ2) is 6.53. The van der Waals surface area contributed by atoms with Crippen molar-refractivity contribution in [3.8, 4) is 0 Å². The minimum Gasteiger partial charge on any atom is -0.293 e. The van der Waals surface area contributed by atoms with Crippen molar-refractivity contribution in [2.75, 3.05) is 0 Å². The molecule has 0 spiro atoms. The van der Waals surface area contributed by atoms with E-state index in [2.05, 4.69) is 13.5 Å². The lowest BCUT2D eigenvalue weighted by Crippen LogP contribution is -2.35. The van der Waals surface area contributed by atoms with Crippen LogP contribution in [0.1, 0.15) is 41.3 Å². The molecule has 0 amide bonds. The molecule has 0 aliphatic rings. The van der Waals surface area contributed by atoms with Crippen LogP contribution in [0.5, 0.6) is 0 Å². The van der Waals surface area contributed by atoms with Gasteiger partial charge in [-0.1, -0.05) is 73.2 Å². The van der Waals surface area contributed by atoms with Crippen LogP contribution in [0.3, 0.4) is 0 Å². The molecule has 2 rings (SSSR count). The Morgan fingerprint density at radius 3 is 2.24 bits per heavy atom. The topological polar surface area (TPSA) is 17.1 Å². The fourth-order valence-electron chi connectivity index (χ4n) is 2.84. The highest BCUT2D eigenvalue weighted by atomic mass is 16.1. The molecule has 108 valence electrons. The number of hydrogen-bond donors (Lipinski definition) is 0. The number of Topliss-reactive ketones (excluding diaryl/α,β-unsaturated/α-hetero) is 1. The number of aryl methyl sites for hydroxylation is 1. The van der Waals surface area contributed by atoms with Crippen molar-refractivity contribution in [2.45, 2.75) is 32.1 Å². The molecule has 1 atom stereocenters. The third kappa shape index (κ3) is 2.97. The molecule has 0 saturated heterocycles. The summed E-state index contributed by atoms with van der Waals surface area (Å²) in [5.41, 5.74) is 2.49. The van der Waals surface area contributed by atoms with E-state index in [1.165, 1.54) is 0 Å². The van der Waals surface area contributed by atoms with Crippen molar-refractivity contribution < 1.29 is 4.79 Å². The van der Waals surface area contributed by atoms with Gasteiger partial charge in [0, 0.05) is 5.56 Å². The Bertz CT molecular complexity index is 610. The fourth-order valence-corrected chi connectivity index (χ4v) is 2.84. The largest absolute Gasteiger partial charge is 0.293 e. The lowest BCUT2D eigenvalue weighted by atomic mass is 9.70. The number of carbonyl (C=O) groups excluding carboxylic acids is 1. The van der Waals surface area contributed by atoms with E-state index in [0.717, 1.165) is 23.1 Å². The fraction of sp³-hybridized carbons (Fsp3) is 0.250. The average molecular weight is 278 g/mol. The van der Waals surface area contributed by atoms with Crippen LogP contribution in [0.4, 0.5) is 0 Å². The van der Waals surface area contributed by atoms with Crippen LogP contribution < -0.4 is 0 Å². The zero-order valence-electron chi connectivity index (χ0n) is 12.8. The summed E-state index contributed by atoms with van der Waals surface area (Å²) in [6.07, 6.45) is 3.26. The minimum absolute atomic E-state index is 0.177. The van der Waals surface area contributed by atoms with E-state index in [9.17, 15) is 4.79 Å². The molecule has 0 fully saturated rings. The Hall–Kier alpha value is -2.15. The van der Waals surface area contributed by atoms with Crippen molar-refractivity contribution in [1.82, 2.24) is 0 Å². The molecule has 0 aliphatic heterocycles. The maximum absolute atomic E-state index is 13.2. The zero-order chi connectivity index (χ0) is 15.3. The normalized spacial score (nSPS) is 13.4. The third-order valence-corrected chi connectivity index (χ3v) is 4.17. The van der Waals surface area contributed by atoms with Crippen LogP contribution in [0.25, 0.3) is 0 Å². The van der Waals surface area contributed by atoms with Crippen LogP contribution in [-0.2, 0) is 5.41 Å². The van der Waals surface area contributed by atoms with Crippen molar-refractivity contribution in [1.29, 1.82) is 0 Å². The van der Waals surface area contributed by atoms with Gasteiger partial charge in [0.2, 0.25) is 0 Å². The molecule has 0 unspecified atom stereocenters. The molecule has 2 aromatic rings. The summed E-state index contributed by atoms with van der Waals surface area (Å²) in [6.45, 7) is 7.96. The molecule has 0 heterocycles. The van der Waals surface area contributed by atoms with Gasteiger partial charge in [-0.15, -0.1) is 6.58 Å². The van der Waals surface area contributed by atoms with E-state index in [4.69, 9.17) is 0 Å². The molecular weight excluding hydrogens is 256 g/mol. The molecular formula is C20H22O. The summed E-state index contributed by atoms with van der Waals surface area (Å²) < 4.78 is 0. The van der Waals surface area contributed by atoms with Crippen LogP contribution >= 0.6 is 0 Å². The van der Waals surface area contributed by atoms with Gasteiger partial charge in [0.25, 0.3) is 0 Å². The molecule has 0 bridgehead atoms. The molecule has 2 aromatic carbocycles. The van der Waals surface area contributed by atoms with Gasteiger partial charge in [0.05, 0.1) is 5.41 Å². The Labute approximate surface area is 127 Å². The Kier molecular flexibility index (Phi) is 4.74. The van der Waals surface area contributed by atoms with Gasteiger partial charge in [-0.3, -0.25) is 4.79 Å². The summed E-state index contributed by atoms with van der Waals surface area (Å²) >= 11 is 0. The van der Waals surface area contributed by atoms with Crippen molar-refractivity contribution in [2.24, 2.45) is 0 Å². The van der Waals surface area contributed by atoms with E-state index >= 15 is 0 Å². The monoisotopic (exact) mass is 278 g/mol. The Morgan fingerprint density at radius 2 is 1.71 bits per heavy atom. The van der Waals surface area contributed by atoms with Gasteiger partial charge >= 0.3 is 0 Å². The summed E-state index contributed by atoms with van der Waals surface area (Å²) in [4.78, 5) is 13.2. The summed E-state index contributed by atoms with van der Waals surface area (Å²) in [5, 5.41) is 0. The van der Waals surface area contributed by atoms with E-state index in [0.29, 0.717) is 6.42 Å². The van der Waals surface area contributed by atoms with Gasteiger partial charge in [0.1, 0.15) is 0 Å². The van der Waals surface area contributed by atoms with Crippen molar-refractivity contribution in [3.05, 3.63) is 83.9 Å². The van der Waals surface area contributed by atoms with Crippen molar-refractivity contribution in [3.63, 3.8) is 0 Å². The lowest BCUT2D eigenvalue weighted by molar-refractivity contribution is 0.0879. The predicted octanol–water partition coefficient (Wildman–Crippen LogP) is 5.10. The molecule has 0 aliphatic carbocycles. The third-order valence-electron chi connectivity index (χ3n) is 4.17. The first-order valence-electron chi connectivity index (χ1n) is 7.42. The van der Waals surface area contributed by atoms with Gasteiger partial charge < -0.3 is 0 Å². The number of benzene rings is 2. The first-order chi connectivity index (χ1) is 10.1. The molecule has 0 aromatic heterocycles. The highest BCUT2D eigenvalue weighted by Gasteiger charge is 2.37. The van der Waals surface area contributed by atoms with Crippen LogP contribution in [0, 0.1) is 6.92 Å². The van der Waals surface area contributed by atoms with E-state index < -0.39 is 5.41 Å². The van der Waals surface area contributed by atoms with Crippen LogP contribution in [-0.4, -0.2) is 5.78 Å². The van der Waals surface area contributed by atoms with Gasteiger partial charge in [-0.2, -0.15) is 0 Å². The molecule has 1 nitrogen and oxygen atoms in total. The SMILES string of the molecule is C=CC[C@@](CC)(C(=O)c1ccc(C)cc1)c1ccccc1. The first kappa shape index (κ1) is 15.2. The highest BCUT2D eigenvalue weighted by Crippen LogP contribution is 2.35. The number of carbonyl (C=O) groups is 1. The molecule has 0 N–H and O–H groups in total. The number of allylic oxidation sites excluding steroid dienone is 1. The Balaban J connectivity index is 2.51. The zero-order valence-corrected chi connectivity index (χ0v) is 12.8. The van der Waals surface area contributed by atoms with Gasteiger partial charge in [-0.05, 0) is 25.3 Å². The maximum Gasteiger partial charge on any atom is 0.173 e. The van der Waals surface area contributed by atoms with E-state index in [1.807, 2.05) is 67.6 Å². The Morgan fingerprint density at radius 1 is 1.10 bits per heavy atom. The van der Waals surface area contributed by atoms with Gasteiger partial charge in [-0.25, -0.2) is 0 Å². The molecule has 21 heavy (non-hydrogen) atoms. The van der Waals surface area contributed by atoms with E-state index in [-0.39, 0.29) is 5.78 Å². The quantitative estimate of drug-likeness (QED) is 0.530. The summed E-state index contributed by atoms with van der Waals surface area (Å²) in [7, 11) is 0. The van der Waals surface area contributed by atoms with Crippen molar-refractivity contribution >= 4 is 5.78 Å². The number of hydrogen-bond acceptors (Lipinski definition) is 1. The summed E-state index contributed by atoms with van der Waals surface area (Å²) in [6, 6.07) is 17.9. The highest BCUT2D eigenvalue weighted by molar-refractivity contribution is 6.04. The second-order valence-electron chi connectivity index (χ2n) is 5.49. The van der Waals surface area contributed by atoms with E-state index in [1.54, 1.807) is 0 Å². The molecule has 1 heteroatoms. The van der Waals surface area contributed by atoms with Gasteiger partial charge in [0.15, 0.2) is 5.78 Å².